The molecule has 4 rings (SSSR count). The molecule has 29 heavy (non-hydrogen) atoms. The molecule has 152 valence electrons. The number of nitrogens with one attached hydrogen (secondary N) is 1. The summed E-state index contributed by atoms with van der Waals surface area (Å²) >= 11 is 0. The number of nitrogens with zero attached hydrogens (tertiary/aromatic N) is 3. The summed E-state index contributed by atoms with van der Waals surface area (Å²) in [6.45, 7) is 10.2. The van der Waals surface area contributed by atoms with Crippen molar-refractivity contribution in [3.63, 3.8) is 0 Å². The summed E-state index contributed by atoms with van der Waals surface area (Å²) in [6.07, 6.45) is 0. The lowest BCUT2D eigenvalue weighted by molar-refractivity contribution is 0.136. The van der Waals surface area contributed by atoms with Crippen LogP contribution in [0.3, 0.4) is 0 Å². The zero-order chi connectivity index (χ0) is 20.4. The Morgan fingerprint density at radius 1 is 1.07 bits per heavy atom. The summed E-state index contributed by atoms with van der Waals surface area (Å²) in [7, 11) is 0. The summed E-state index contributed by atoms with van der Waals surface area (Å²) in [6, 6.07) is 15.8. The highest BCUT2D eigenvalue weighted by Crippen LogP contribution is 2.26. The first-order valence-electron chi connectivity index (χ1n) is 10.1. The average Bonchev–Trinajstić information content (AvgIpc) is 3.10. The monoisotopic (exact) mass is 392 g/mol. The van der Waals surface area contributed by atoms with Crippen molar-refractivity contribution < 1.29 is 9.21 Å². The summed E-state index contributed by atoms with van der Waals surface area (Å²) in [5.74, 6) is 0.730. The van der Waals surface area contributed by atoms with Gasteiger partial charge < -0.3 is 14.6 Å². The molecule has 1 aliphatic heterocycles. The van der Waals surface area contributed by atoms with Crippen molar-refractivity contribution in [1.82, 2.24) is 14.8 Å². The lowest BCUT2D eigenvalue weighted by Gasteiger charge is -2.33. The van der Waals surface area contributed by atoms with E-state index < -0.39 is 0 Å². The van der Waals surface area contributed by atoms with Crippen LogP contribution in [-0.4, -0.2) is 47.0 Å². The molecule has 3 aromatic rings. The average molecular weight is 393 g/mol. The molecular weight excluding hydrogens is 364 g/mol. The Kier molecular flexibility index (Phi) is 5.28. The molecule has 6 heteroatoms. The van der Waals surface area contributed by atoms with Crippen molar-refractivity contribution in [2.45, 2.75) is 32.7 Å². The fraction of sp³-hybridized carbons (Fsp3) is 0.391. The number of hydrogen-bond acceptors (Lipinski definition) is 4. The highest BCUT2D eigenvalue weighted by molar-refractivity contribution is 5.89. The van der Waals surface area contributed by atoms with Gasteiger partial charge in [-0.25, -0.2) is 9.78 Å². The second-order valence-corrected chi connectivity index (χ2v) is 8.60. The van der Waals surface area contributed by atoms with Crippen molar-refractivity contribution in [3.05, 3.63) is 60.0 Å². The highest BCUT2D eigenvalue weighted by atomic mass is 16.3. The van der Waals surface area contributed by atoms with Gasteiger partial charge in [-0.15, -0.1) is 0 Å². The van der Waals surface area contributed by atoms with Crippen LogP contribution in [0.5, 0.6) is 0 Å². The second kappa shape index (κ2) is 7.87. The van der Waals surface area contributed by atoms with Crippen LogP contribution in [0.15, 0.2) is 52.9 Å². The minimum atomic E-state index is -0.0487. The van der Waals surface area contributed by atoms with Gasteiger partial charge in [0.1, 0.15) is 5.52 Å². The van der Waals surface area contributed by atoms with Crippen LogP contribution in [0.1, 0.15) is 32.2 Å². The molecule has 0 saturated carbocycles. The van der Waals surface area contributed by atoms with Gasteiger partial charge in [0.05, 0.1) is 6.54 Å². The topological polar surface area (TPSA) is 61.6 Å². The number of para-hydroxylation sites is 1. The number of hydrogen-bond donors (Lipinski definition) is 1. The van der Waals surface area contributed by atoms with Crippen LogP contribution in [0.4, 0.5) is 10.5 Å². The molecule has 2 heterocycles. The third kappa shape index (κ3) is 4.59. The van der Waals surface area contributed by atoms with Crippen molar-refractivity contribution >= 4 is 22.8 Å². The number of oxazole rings is 1. The van der Waals surface area contributed by atoms with Crippen molar-refractivity contribution in [2.75, 3.05) is 31.5 Å². The molecule has 0 unspecified atom stereocenters. The fourth-order valence-corrected chi connectivity index (χ4v) is 3.53. The molecule has 1 aliphatic rings. The molecule has 1 saturated heterocycles. The molecule has 1 fully saturated rings. The Hall–Kier alpha value is -2.86. The maximum atomic E-state index is 12.4. The standard InChI is InChI=1S/C23H28N4O2/c1-23(2,3)17-9-10-20-19(15-17)25-21(29-20)16-26-11-13-27(14-12-26)22(28)24-18-7-5-4-6-8-18/h4-10,15H,11-14,16H2,1-3H3,(H,24,28). The number of fused-ring (bicyclic) bond motifs is 1. The maximum absolute atomic E-state index is 12.4. The molecule has 1 N–H and O–H groups in total. The molecule has 0 bridgehead atoms. The summed E-state index contributed by atoms with van der Waals surface area (Å²) in [5, 5.41) is 2.95. The van der Waals surface area contributed by atoms with E-state index in [2.05, 4.69) is 48.1 Å². The largest absolute Gasteiger partial charge is 0.439 e. The first kappa shape index (κ1) is 19.5. The smallest absolute Gasteiger partial charge is 0.321 e. The first-order chi connectivity index (χ1) is 13.9. The third-order valence-electron chi connectivity index (χ3n) is 5.34. The Morgan fingerprint density at radius 3 is 2.48 bits per heavy atom. The van der Waals surface area contributed by atoms with Gasteiger partial charge in [-0.3, -0.25) is 4.90 Å². The van der Waals surface area contributed by atoms with Gasteiger partial charge in [0, 0.05) is 31.9 Å². The lowest BCUT2D eigenvalue weighted by Crippen LogP contribution is -2.49. The molecular formula is C23H28N4O2. The number of piperazine rings is 1. The first-order valence-corrected chi connectivity index (χ1v) is 10.1. The minimum Gasteiger partial charge on any atom is -0.439 e. The minimum absolute atomic E-state index is 0.0487. The number of rotatable bonds is 3. The van der Waals surface area contributed by atoms with Crippen LogP contribution in [0.25, 0.3) is 11.1 Å². The van der Waals surface area contributed by atoms with Crippen molar-refractivity contribution in [2.24, 2.45) is 0 Å². The Morgan fingerprint density at radius 2 is 1.79 bits per heavy atom. The van der Waals surface area contributed by atoms with E-state index in [1.807, 2.05) is 41.3 Å². The Bertz CT molecular complexity index is 983. The van der Waals surface area contributed by atoms with Crippen LogP contribution in [-0.2, 0) is 12.0 Å². The maximum Gasteiger partial charge on any atom is 0.321 e. The van der Waals surface area contributed by atoms with E-state index in [1.54, 1.807) is 0 Å². The molecule has 0 radical (unpaired) electrons. The van der Waals surface area contributed by atoms with E-state index in [0.717, 1.165) is 35.8 Å². The van der Waals surface area contributed by atoms with Crippen LogP contribution >= 0.6 is 0 Å². The van der Waals surface area contributed by atoms with Crippen LogP contribution < -0.4 is 5.32 Å². The van der Waals surface area contributed by atoms with Crippen molar-refractivity contribution in [3.8, 4) is 0 Å². The van der Waals surface area contributed by atoms with Crippen LogP contribution in [0, 0.1) is 0 Å². The number of anilines is 1. The molecule has 0 atom stereocenters. The van der Waals surface area contributed by atoms with E-state index in [-0.39, 0.29) is 11.4 Å². The molecule has 0 spiro atoms. The SMILES string of the molecule is CC(C)(C)c1ccc2oc(CN3CCN(C(=O)Nc4ccccc4)CC3)nc2c1. The summed E-state index contributed by atoms with van der Waals surface area (Å²) in [5.41, 5.74) is 3.90. The van der Waals surface area contributed by atoms with Gasteiger partial charge in [-0.2, -0.15) is 0 Å². The van der Waals surface area contributed by atoms with E-state index in [4.69, 9.17) is 4.42 Å². The van der Waals surface area contributed by atoms with Gasteiger partial charge >= 0.3 is 6.03 Å². The predicted molar refractivity (Wildman–Crippen MR) is 115 cm³/mol. The normalized spacial score (nSPS) is 15.6. The Balaban J connectivity index is 1.34. The zero-order valence-electron chi connectivity index (χ0n) is 17.3. The van der Waals surface area contributed by atoms with E-state index >= 15 is 0 Å². The van der Waals surface area contributed by atoms with Gasteiger partial charge in [-0.05, 0) is 35.2 Å². The van der Waals surface area contributed by atoms with Gasteiger partial charge in [0.25, 0.3) is 0 Å². The fourth-order valence-electron chi connectivity index (χ4n) is 3.53. The molecule has 1 aromatic heterocycles. The van der Waals surface area contributed by atoms with Gasteiger partial charge in [0.15, 0.2) is 5.58 Å². The van der Waals surface area contributed by atoms with Crippen LogP contribution in [0.2, 0.25) is 0 Å². The summed E-state index contributed by atoms with van der Waals surface area (Å²) in [4.78, 5) is 21.2. The zero-order valence-corrected chi connectivity index (χ0v) is 17.3. The predicted octanol–water partition coefficient (Wildman–Crippen LogP) is 4.48. The van der Waals surface area contributed by atoms with E-state index in [1.165, 1.54) is 5.56 Å². The quantitative estimate of drug-likeness (QED) is 0.714. The van der Waals surface area contributed by atoms with Gasteiger partial charge in [-0.1, -0.05) is 45.0 Å². The van der Waals surface area contributed by atoms with Crippen molar-refractivity contribution in [1.29, 1.82) is 0 Å². The lowest BCUT2D eigenvalue weighted by atomic mass is 9.87. The Labute approximate surface area is 171 Å². The number of carbonyl (C=O) groups is 1. The second-order valence-electron chi connectivity index (χ2n) is 8.60. The summed E-state index contributed by atoms with van der Waals surface area (Å²) < 4.78 is 5.95. The third-order valence-corrected chi connectivity index (χ3v) is 5.34. The number of carbonyl (C=O) groups excluding carboxylic acids is 1. The number of benzene rings is 2. The highest BCUT2D eigenvalue weighted by Gasteiger charge is 2.23. The van der Waals surface area contributed by atoms with E-state index in [0.29, 0.717) is 19.6 Å². The molecule has 0 aliphatic carbocycles. The molecule has 6 nitrogen and oxygen atoms in total. The number of urea groups is 1. The molecule has 2 aromatic carbocycles. The van der Waals surface area contributed by atoms with Gasteiger partial charge in [0.2, 0.25) is 5.89 Å². The van der Waals surface area contributed by atoms with E-state index in [9.17, 15) is 4.79 Å². The number of aromatic nitrogens is 1. The molecule has 2 amide bonds. The number of amides is 2.